The molecule has 0 radical (unpaired) electrons. The molecule has 0 aliphatic carbocycles. The van der Waals surface area contributed by atoms with Crippen molar-refractivity contribution in [2.24, 2.45) is 0 Å². The van der Waals surface area contributed by atoms with Gasteiger partial charge in [0.2, 0.25) is 5.95 Å². The molecule has 9 nitrogen and oxygen atoms in total. The molecule has 11 heteroatoms. The lowest BCUT2D eigenvalue weighted by molar-refractivity contribution is -0.384. The van der Waals surface area contributed by atoms with Gasteiger partial charge in [-0.25, -0.2) is 18.4 Å². The first-order valence-corrected chi connectivity index (χ1v) is 11.4. The lowest BCUT2D eigenvalue weighted by Crippen LogP contribution is -2.12. The van der Waals surface area contributed by atoms with Gasteiger partial charge in [0, 0.05) is 34.0 Å². The standard InChI is InChI=1S/C22H16ClN5O4S/c23-16-5-1-14(2-6-16)20-13-21(26-22(24)25-20)15-3-7-17(8-4-15)27-33(31,32)19-11-9-18(10-12-19)28(29)30/h1-13,27H,(H2,24,25,26). The summed E-state index contributed by atoms with van der Waals surface area (Å²) in [5, 5.41) is 11.4. The summed E-state index contributed by atoms with van der Waals surface area (Å²) < 4.78 is 27.6. The van der Waals surface area contributed by atoms with Crippen LogP contribution < -0.4 is 10.5 Å². The van der Waals surface area contributed by atoms with E-state index in [2.05, 4.69) is 14.7 Å². The number of hydrogen-bond acceptors (Lipinski definition) is 7. The van der Waals surface area contributed by atoms with Crippen LogP contribution >= 0.6 is 11.6 Å². The molecule has 0 unspecified atom stereocenters. The number of nitro groups is 1. The molecule has 0 amide bonds. The Hall–Kier alpha value is -4.02. The topological polar surface area (TPSA) is 141 Å². The molecule has 0 saturated heterocycles. The van der Waals surface area contributed by atoms with Gasteiger partial charge in [-0.15, -0.1) is 0 Å². The smallest absolute Gasteiger partial charge is 0.269 e. The number of nitrogens with one attached hydrogen (secondary N) is 1. The Labute approximate surface area is 194 Å². The number of halogens is 1. The van der Waals surface area contributed by atoms with Crippen LogP contribution in [0.4, 0.5) is 17.3 Å². The number of hydrogen-bond donors (Lipinski definition) is 2. The molecule has 33 heavy (non-hydrogen) atoms. The Morgan fingerprint density at radius 2 is 1.36 bits per heavy atom. The number of anilines is 2. The lowest BCUT2D eigenvalue weighted by atomic mass is 10.1. The molecule has 4 rings (SSSR count). The second kappa shape index (κ2) is 8.85. The summed E-state index contributed by atoms with van der Waals surface area (Å²) in [5.41, 5.74) is 8.73. The van der Waals surface area contributed by atoms with Gasteiger partial charge in [0.25, 0.3) is 15.7 Å². The number of aromatic nitrogens is 2. The summed E-state index contributed by atoms with van der Waals surface area (Å²) in [6.45, 7) is 0. The van der Waals surface area contributed by atoms with Gasteiger partial charge in [0.15, 0.2) is 0 Å². The molecule has 4 aromatic rings. The van der Waals surface area contributed by atoms with Crippen molar-refractivity contribution >= 4 is 38.9 Å². The van der Waals surface area contributed by atoms with Crippen LogP contribution in [0.5, 0.6) is 0 Å². The minimum absolute atomic E-state index is 0.0895. The number of nitro benzene ring substituents is 1. The van der Waals surface area contributed by atoms with Crippen LogP contribution in [0, 0.1) is 10.1 Å². The summed E-state index contributed by atoms with van der Waals surface area (Å²) in [5.74, 6) is 0.0976. The van der Waals surface area contributed by atoms with Crippen LogP contribution in [0.1, 0.15) is 0 Å². The quantitative estimate of drug-likeness (QED) is 0.299. The van der Waals surface area contributed by atoms with Gasteiger partial charge in [-0.05, 0) is 42.5 Å². The van der Waals surface area contributed by atoms with Crippen LogP contribution in [0.3, 0.4) is 0 Å². The van der Waals surface area contributed by atoms with E-state index in [9.17, 15) is 18.5 Å². The number of nitrogen functional groups attached to an aromatic ring is 1. The summed E-state index contributed by atoms with van der Waals surface area (Å²) in [6.07, 6.45) is 0. The van der Waals surface area contributed by atoms with E-state index in [-0.39, 0.29) is 16.5 Å². The fraction of sp³-hybridized carbons (Fsp3) is 0. The first-order valence-electron chi connectivity index (χ1n) is 9.49. The molecule has 0 aliphatic heterocycles. The second-order valence-corrected chi connectivity index (χ2v) is 9.06. The Balaban J connectivity index is 1.57. The number of benzene rings is 3. The predicted octanol–water partition coefficient (Wildman–Crippen LogP) is 4.76. The fourth-order valence-electron chi connectivity index (χ4n) is 3.05. The number of non-ortho nitro benzene ring substituents is 1. The maximum absolute atomic E-state index is 12.6. The van der Waals surface area contributed by atoms with Crippen molar-refractivity contribution < 1.29 is 13.3 Å². The van der Waals surface area contributed by atoms with Crippen molar-refractivity contribution in [1.82, 2.24) is 9.97 Å². The molecule has 3 aromatic carbocycles. The van der Waals surface area contributed by atoms with Gasteiger partial charge in [0.05, 0.1) is 21.2 Å². The number of nitrogens with zero attached hydrogens (tertiary/aromatic N) is 3. The molecule has 0 saturated carbocycles. The molecular weight excluding hydrogens is 466 g/mol. The first-order chi connectivity index (χ1) is 15.7. The van der Waals surface area contributed by atoms with E-state index in [1.54, 1.807) is 42.5 Å². The van der Waals surface area contributed by atoms with Crippen molar-refractivity contribution in [3.05, 3.63) is 94.0 Å². The minimum atomic E-state index is -3.92. The Morgan fingerprint density at radius 3 is 1.88 bits per heavy atom. The molecule has 1 aromatic heterocycles. The van der Waals surface area contributed by atoms with E-state index in [1.165, 1.54) is 12.1 Å². The van der Waals surface area contributed by atoms with Gasteiger partial charge >= 0.3 is 0 Å². The molecular formula is C22H16ClN5O4S. The van der Waals surface area contributed by atoms with Crippen molar-refractivity contribution in [2.45, 2.75) is 4.90 Å². The molecule has 0 fully saturated rings. The zero-order valence-electron chi connectivity index (χ0n) is 16.8. The zero-order valence-corrected chi connectivity index (χ0v) is 18.4. The average molecular weight is 482 g/mol. The highest BCUT2D eigenvalue weighted by Crippen LogP contribution is 2.27. The molecule has 0 bridgehead atoms. The normalized spacial score (nSPS) is 11.2. The molecule has 0 spiro atoms. The van der Waals surface area contributed by atoms with Gasteiger partial charge < -0.3 is 5.73 Å². The van der Waals surface area contributed by atoms with Crippen molar-refractivity contribution in [3.8, 4) is 22.5 Å². The summed E-state index contributed by atoms with van der Waals surface area (Å²) in [6, 6.07) is 20.1. The summed E-state index contributed by atoms with van der Waals surface area (Å²) in [4.78, 5) is 18.6. The highest BCUT2D eigenvalue weighted by molar-refractivity contribution is 7.92. The number of sulfonamides is 1. The van der Waals surface area contributed by atoms with Crippen LogP contribution in [-0.2, 0) is 10.0 Å². The van der Waals surface area contributed by atoms with Crippen molar-refractivity contribution in [3.63, 3.8) is 0 Å². The van der Waals surface area contributed by atoms with E-state index < -0.39 is 14.9 Å². The van der Waals surface area contributed by atoms with E-state index in [0.717, 1.165) is 17.7 Å². The molecule has 0 atom stereocenters. The third-order valence-corrected chi connectivity index (χ3v) is 6.32. The van der Waals surface area contributed by atoms with Gasteiger partial charge in [0.1, 0.15) is 0 Å². The maximum atomic E-state index is 12.6. The molecule has 166 valence electrons. The van der Waals surface area contributed by atoms with Crippen LogP contribution in [0.15, 0.2) is 83.8 Å². The largest absolute Gasteiger partial charge is 0.368 e. The maximum Gasteiger partial charge on any atom is 0.269 e. The Morgan fingerprint density at radius 1 is 0.848 bits per heavy atom. The van der Waals surface area contributed by atoms with Crippen LogP contribution in [-0.4, -0.2) is 23.3 Å². The molecule has 3 N–H and O–H groups in total. The van der Waals surface area contributed by atoms with E-state index in [0.29, 0.717) is 27.7 Å². The van der Waals surface area contributed by atoms with Crippen LogP contribution in [0.2, 0.25) is 5.02 Å². The molecule has 0 aliphatic rings. The predicted molar refractivity (Wildman–Crippen MR) is 126 cm³/mol. The van der Waals surface area contributed by atoms with Gasteiger partial charge in [-0.2, -0.15) is 0 Å². The highest BCUT2D eigenvalue weighted by atomic mass is 35.5. The Bertz CT molecular complexity index is 1430. The summed E-state index contributed by atoms with van der Waals surface area (Å²) >= 11 is 5.94. The van der Waals surface area contributed by atoms with E-state index >= 15 is 0 Å². The number of nitrogens with two attached hydrogens (primary N) is 1. The molecule has 1 heterocycles. The SMILES string of the molecule is Nc1nc(-c2ccc(Cl)cc2)cc(-c2ccc(NS(=O)(=O)c3ccc([N+](=O)[O-])cc3)cc2)n1. The first kappa shape index (κ1) is 22.2. The third kappa shape index (κ3) is 5.08. The lowest BCUT2D eigenvalue weighted by Gasteiger charge is -2.10. The van der Waals surface area contributed by atoms with Gasteiger partial charge in [-0.1, -0.05) is 35.9 Å². The fourth-order valence-corrected chi connectivity index (χ4v) is 4.24. The highest BCUT2D eigenvalue weighted by Gasteiger charge is 2.16. The van der Waals surface area contributed by atoms with Crippen molar-refractivity contribution in [1.29, 1.82) is 0 Å². The third-order valence-electron chi connectivity index (χ3n) is 4.67. The van der Waals surface area contributed by atoms with Crippen molar-refractivity contribution in [2.75, 3.05) is 10.5 Å². The average Bonchev–Trinajstić information content (AvgIpc) is 2.79. The van der Waals surface area contributed by atoms with E-state index in [4.69, 9.17) is 17.3 Å². The van der Waals surface area contributed by atoms with Gasteiger partial charge in [-0.3, -0.25) is 14.8 Å². The monoisotopic (exact) mass is 481 g/mol. The second-order valence-electron chi connectivity index (χ2n) is 6.94. The summed E-state index contributed by atoms with van der Waals surface area (Å²) in [7, 11) is -3.92. The van der Waals surface area contributed by atoms with Crippen LogP contribution in [0.25, 0.3) is 22.5 Å². The minimum Gasteiger partial charge on any atom is -0.368 e. The van der Waals surface area contributed by atoms with E-state index in [1.807, 2.05) is 12.1 Å². The number of rotatable bonds is 6. The zero-order chi connectivity index (χ0) is 23.6. The Kier molecular flexibility index (Phi) is 5.95.